The van der Waals surface area contributed by atoms with Gasteiger partial charge in [-0.25, -0.2) is 9.97 Å². The van der Waals surface area contributed by atoms with Gasteiger partial charge < -0.3 is 4.74 Å². The molecule has 0 amide bonds. The van der Waals surface area contributed by atoms with Crippen LogP contribution in [0.4, 0.5) is 0 Å². The van der Waals surface area contributed by atoms with Crippen molar-refractivity contribution in [1.82, 2.24) is 18.9 Å². The summed E-state index contributed by atoms with van der Waals surface area (Å²) >= 11 is 0. The number of aromatic nitrogens is 4. The van der Waals surface area contributed by atoms with Gasteiger partial charge in [-0.3, -0.25) is 23.4 Å². The van der Waals surface area contributed by atoms with Crippen LogP contribution in [0.2, 0.25) is 0 Å². The Morgan fingerprint density at radius 1 is 1.10 bits per heavy atom. The highest BCUT2D eigenvalue weighted by molar-refractivity contribution is 5.77. The first-order valence-corrected chi connectivity index (χ1v) is 9.11. The smallest absolute Gasteiger partial charge is 0.307 e. The monoisotopic (exact) mass is 390 g/mol. The molecular formula is C21H18N4O4. The van der Waals surface area contributed by atoms with E-state index in [-0.39, 0.29) is 30.7 Å². The molecule has 0 spiro atoms. The Kier molecular flexibility index (Phi) is 4.90. The average molecular weight is 390 g/mol. The maximum absolute atomic E-state index is 12.4. The zero-order valence-electron chi connectivity index (χ0n) is 15.7. The molecule has 0 saturated heterocycles. The lowest BCUT2D eigenvalue weighted by Gasteiger charge is -2.08. The van der Waals surface area contributed by atoms with Gasteiger partial charge in [-0.15, -0.1) is 0 Å². The largest absolute Gasteiger partial charge is 0.459 e. The lowest BCUT2D eigenvalue weighted by molar-refractivity contribution is -0.145. The van der Waals surface area contributed by atoms with Crippen LogP contribution in [0, 0.1) is 6.92 Å². The molecule has 0 aliphatic heterocycles. The molecule has 29 heavy (non-hydrogen) atoms. The van der Waals surface area contributed by atoms with Crippen LogP contribution in [0.25, 0.3) is 16.6 Å². The molecule has 0 N–H and O–H groups in total. The van der Waals surface area contributed by atoms with Crippen molar-refractivity contribution in [3.8, 4) is 0 Å². The van der Waals surface area contributed by atoms with Gasteiger partial charge in [-0.2, -0.15) is 0 Å². The lowest BCUT2D eigenvalue weighted by atomic mass is 10.2. The minimum atomic E-state index is -0.490. The van der Waals surface area contributed by atoms with Crippen molar-refractivity contribution >= 4 is 22.5 Å². The van der Waals surface area contributed by atoms with Crippen LogP contribution < -0.4 is 11.1 Å². The first-order chi connectivity index (χ1) is 14.0. The molecule has 0 fully saturated rings. The fourth-order valence-electron chi connectivity index (χ4n) is 3.14. The normalized spacial score (nSPS) is 11.1. The Hall–Kier alpha value is -3.81. The topological polar surface area (TPSA) is 95.6 Å². The number of hydrogen-bond acceptors (Lipinski definition) is 6. The van der Waals surface area contributed by atoms with Crippen molar-refractivity contribution in [3.63, 3.8) is 0 Å². The summed E-state index contributed by atoms with van der Waals surface area (Å²) in [5.74, 6) is -0.490. The minimum Gasteiger partial charge on any atom is -0.459 e. The number of esters is 1. The maximum atomic E-state index is 12.4. The van der Waals surface area contributed by atoms with Crippen molar-refractivity contribution in [3.05, 3.63) is 87.0 Å². The maximum Gasteiger partial charge on any atom is 0.307 e. The summed E-state index contributed by atoms with van der Waals surface area (Å²) in [6.07, 6.45) is 1.43. The molecule has 0 unspecified atom stereocenters. The van der Waals surface area contributed by atoms with E-state index in [9.17, 15) is 14.4 Å². The molecule has 0 saturated carbocycles. The third kappa shape index (κ3) is 3.77. The number of carbonyl (C=O) groups is 1. The standard InChI is InChI=1S/C21H18N4O4/c1-14-5-4-8-18-23-15(11-19(26)25(14)18)12-29-20(27)9-10-24-13-22-17-7-3-2-6-16(17)21(24)28/h2-8,11,13H,9-10,12H2,1H3. The van der Waals surface area contributed by atoms with Gasteiger partial charge in [0, 0.05) is 18.3 Å². The van der Waals surface area contributed by atoms with Gasteiger partial charge >= 0.3 is 5.97 Å². The second kappa shape index (κ2) is 7.67. The summed E-state index contributed by atoms with van der Waals surface area (Å²) in [6.45, 7) is 1.87. The number of rotatable bonds is 5. The molecule has 0 aliphatic rings. The summed E-state index contributed by atoms with van der Waals surface area (Å²) in [5, 5.41) is 0.500. The fourth-order valence-corrected chi connectivity index (χ4v) is 3.14. The van der Waals surface area contributed by atoms with E-state index in [1.807, 2.05) is 25.1 Å². The van der Waals surface area contributed by atoms with Gasteiger partial charge in [0.1, 0.15) is 12.3 Å². The molecule has 4 rings (SSSR count). The Balaban J connectivity index is 1.42. The Labute approximate surface area is 165 Å². The van der Waals surface area contributed by atoms with E-state index in [4.69, 9.17) is 4.74 Å². The molecule has 8 nitrogen and oxygen atoms in total. The van der Waals surface area contributed by atoms with E-state index >= 15 is 0 Å². The first kappa shape index (κ1) is 18.5. The highest BCUT2D eigenvalue weighted by atomic mass is 16.5. The molecule has 3 aromatic heterocycles. The van der Waals surface area contributed by atoms with E-state index in [0.717, 1.165) is 5.69 Å². The van der Waals surface area contributed by atoms with E-state index in [1.54, 1.807) is 24.3 Å². The van der Waals surface area contributed by atoms with Crippen LogP contribution in [-0.2, 0) is 22.7 Å². The quantitative estimate of drug-likeness (QED) is 0.483. The van der Waals surface area contributed by atoms with Crippen LogP contribution in [0.15, 0.2) is 64.4 Å². The van der Waals surface area contributed by atoms with Crippen LogP contribution in [0.1, 0.15) is 17.8 Å². The molecule has 4 aromatic rings. The zero-order chi connectivity index (χ0) is 20.4. The number of pyridine rings is 1. The Bertz CT molecular complexity index is 1340. The number of hydrogen-bond donors (Lipinski definition) is 0. The fraction of sp³-hybridized carbons (Fsp3) is 0.190. The summed E-state index contributed by atoms with van der Waals surface area (Å²) < 4.78 is 8.10. The van der Waals surface area contributed by atoms with Gasteiger partial charge in [0.05, 0.1) is 29.3 Å². The summed E-state index contributed by atoms with van der Waals surface area (Å²) in [4.78, 5) is 45.4. The predicted molar refractivity (Wildman–Crippen MR) is 107 cm³/mol. The van der Waals surface area contributed by atoms with E-state index in [0.29, 0.717) is 22.2 Å². The number of ether oxygens (including phenoxy) is 1. The van der Waals surface area contributed by atoms with Gasteiger partial charge in [0.25, 0.3) is 11.1 Å². The molecular weight excluding hydrogens is 372 g/mol. The molecule has 8 heteroatoms. The second-order valence-electron chi connectivity index (χ2n) is 6.62. The Morgan fingerprint density at radius 3 is 2.79 bits per heavy atom. The number of aryl methyl sites for hydroxylation is 2. The Morgan fingerprint density at radius 2 is 1.93 bits per heavy atom. The number of para-hydroxylation sites is 1. The predicted octanol–water partition coefficient (Wildman–Crippen LogP) is 1.85. The van der Waals surface area contributed by atoms with E-state index in [2.05, 4.69) is 9.97 Å². The highest BCUT2D eigenvalue weighted by Gasteiger charge is 2.10. The summed E-state index contributed by atoms with van der Waals surface area (Å²) in [5.41, 5.74) is 1.82. The van der Waals surface area contributed by atoms with Crippen molar-refractivity contribution in [2.24, 2.45) is 0 Å². The molecule has 1 aromatic carbocycles. The minimum absolute atomic E-state index is 0.00555. The van der Waals surface area contributed by atoms with Gasteiger partial charge in [-0.05, 0) is 31.2 Å². The summed E-state index contributed by atoms with van der Waals surface area (Å²) in [6, 6.07) is 13.7. The summed E-state index contributed by atoms with van der Waals surface area (Å²) in [7, 11) is 0. The van der Waals surface area contributed by atoms with E-state index in [1.165, 1.54) is 21.4 Å². The average Bonchev–Trinajstić information content (AvgIpc) is 2.72. The highest BCUT2D eigenvalue weighted by Crippen LogP contribution is 2.06. The molecule has 0 aliphatic carbocycles. The van der Waals surface area contributed by atoms with Crippen LogP contribution in [0.5, 0.6) is 0 Å². The SMILES string of the molecule is Cc1cccc2nc(COC(=O)CCn3cnc4ccccc4c3=O)cc(=O)n12. The van der Waals surface area contributed by atoms with Crippen molar-refractivity contribution in [2.75, 3.05) is 0 Å². The van der Waals surface area contributed by atoms with E-state index < -0.39 is 5.97 Å². The van der Waals surface area contributed by atoms with Gasteiger partial charge in [0.2, 0.25) is 0 Å². The number of fused-ring (bicyclic) bond motifs is 2. The molecule has 146 valence electrons. The lowest BCUT2D eigenvalue weighted by Crippen LogP contribution is -2.22. The van der Waals surface area contributed by atoms with Crippen LogP contribution in [0.3, 0.4) is 0 Å². The van der Waals surface area contributed by atoms with Crippen molar-refractivity contribution in [1.29, 1.82) is 0 Å². The van der Waals surface area contributed by atoms with Gasteiger partial charge in [-0.1, -0.05) is 18.2 Å². The number of nitrogens with zero attached hydrogens (tertiary/aromatic N) is 4. The molecule has 3 heterocycles. The van der Waals surface area contributed by atoms with Gasteiger partial charge in [0.15, 0.2) is 0 Å². The first-order valence-electron chi connectivity index (χ1n) is 9.11. The zero-order valence-corrected chi connectivity index (χ0v) is 15.7. The molecule has 0 bridgehead atoms. The van der Waals surface area contributed by atoms with Crippen molar-refractivity contribution < 1.29 is 9.53 Å². The molecule has 0 atom stereocenters. The third-order valence-electron chi connectivity index (χ3n) is 4.60. The third-order valence-corrected chi connectivity index (χ3v) is 4.60. The molecule has 0 radical (unpaired) electrons. The number of benzene rings is 1. The second-order valence-corrected chi connectivity index (χ2v) is 6.62. The van der Waals surface area contributed by atoms with Crippen LogP contribution in [-0.4, -0.2) is 24.9 Å². The van der Waals surface area contributed by atoms with Crippen molar-refractivity contribution in [2.45, 2.75) is 26.5 Å². The van der Waals surface area contributed by atoms with Crippen LogP contribution >= 0.6 is 0 Å². The number of carbonyl (C=O) groups excluding carboxylic acids is 1.